The molecule has 37 heavy (non-hydrogen) atoms. The molecule has 0 saturated heterocycles. The van der Waals surface area contributed by atoms with E-state index in [0.29, 0.717) is 13.1 Å². The third kappa shape index (κ3) is 6.75. The summed E-state index contributed by atoms with van der Waals surface area (Å²) in [5.74, 6) is 0. The Morgan fingerprint density at radius 3 is 2.16 bits per heavy atom. The summed E-state index contributed by atoms with van der Waals surface area (Å²) in [5, 5.41) is 8.61. The highest BCUT2D eigenvalue weighted by molar-refractivity contribution is 6.79. The van der Waals surface area contributed by atoms with Gasteiger partial charge < -0.3 is 28.5 Å². The predicted octanol–water partition coefficient (Wildman–Crippen LogP) is 4.62. The fraction of sp³-hybridized carbons (Fsp3) is 0.357. The minimum Gasteiger partial charge on any atom is -0.394 e. The first-order valence-electron chi connectivity index (χ1n) is 13.0. The maximum absolute atomic E-state index is 6.84. The van der Waals surface area contributed by atoms with Crippen LogP contribution >= 0.6 is 0 Å². The van der Waals surface area contributed by atoms with Crippen molar-refractivity contribution in [2.75, 3.05) is 27.3 Å². The van der Waals surface area contributed by atoms with Gasteiger partial charge in [0.2, 0.25) is 18.8 Å². The number of hydrogen-bond acceptors (Lipinski definition) is 6. The van der Waals surface area contributed by atoms with Crippen LogP contribution in [0.15, 0.2) is 66.7 Å². The Morgan fingerprint density at radius 1 is 0.757 bits per heavy atom. The van der Waals surface area contributed by atoms with Crippen LogP contribution in [0.3, 0.4) is 0 Å². The zero-order valence-electron chi connectivity index (χ0n) is 21.8. The van der Waals surface area contributed by atoms with E-state index in [1.807, 2.05) is 0 Å². The molecule has 9 heteroatoms. The van der Waals surface area contributed by atoms with Crippen LogP contribution in [0.25, 0.3) is 32.3 Å². The van der Waals surface area contributed by atoms with Gasteiger partial charge >= 0.3 is 9.05 Å². The Balaban J connectivity index is 1.76. The normalized spacial score (nSPS) is 12.4. The highest BCUT2D eigenvalue weighted by Gasteiger charge is 2.46. The SMILES string of the molecule is CO[Si](OC)(O[Si]CCCCN)O[Si](CCCCN)c1cccc2ccc3cc4ccccc4cc3c12. The molecule has 4 N–H and O–H groups in total. The van der Waals surface area contributed by atoms with Gasteiger partial charge in [-0.25, -0.2) is 0 Å². The Hall–Kier alpha value is -1.93. The smallest absolute Gasteiger partial charge is 0.394 e. The maximum atomic E-state index is 6.84. The first-order valence-corrected chi connectivity index (χ1v) is 17.3. The second-order valence-electron chi connectivity index (χ2n) is 9.06. The molecule has 0 aromatic heterocycles. The number of hydrogen-bond donors (Lipinski definition) is 2. The summed E-state index contributed by atoms with van der Waals surface area (Å²) in [5.41, 5.74) is 11.5. The van der Waals surface area contributed by atoms with Crippen molar-refractivity contribution in [2.45, 2.75) is 37.8 Å². The molecule has 3 radical (unpaired) electrons. The molecule has 0 unspecified atom stereocenters. The van der Waals surface area contributed by atoms with E-state index in [2.05, 4.69) is 66.7 Å². The van der Waals surface area contributed by atoms with Gasteiger partial charge in [-0.15, -0.1) is 0 Å². The Bertz CT molecular complexity index is 1300. The molecular formula is C28H37N2O4Si3. The second kappa shape index (κ2) is 13.7. The average Bonchev–Trinajstić information content (AvgIpc) is 2.94. The first kappa shape index (κ1) is 28.1. The number of nitrogens with two attached hydrogens (primary N) is 2. The lowest BCUT2D eigenvalue weighted by Crippen LogP contribution is -2.54. The molecule has 0 atom stereocenters. The van der Waals surface area contributed by atoms with E-state index in [1.54, 1.807) is 14.2 Å². The molecule has 0 spiro atoms. The molecule has 0 heterocycles. The zero-order valence-corrected chi connectivity index (χ0v) is 24.8. The number of benzene rings is 4. The molecule has 0 aliphatic heterocycles. The zero-order chi connectivity index (χ0) is 26.1. The summed E-state index contributed by atoms with van der Waals surface area (Å²) < 4.78 is 24.8. The van der Waals surface area contributed by atoms with Crippen molar-refractivity contribution in [1.82, 2.24) is 0 Å². The van der Waals surface area contributed by atoms with E-state index >= 15 is 0 Å². The molecule has 0 aliphatic rings. The summed E-state index contributed by atoms with van der Waals surface area (Å²) in [6.07, 6.45) is 3.93. The maximum Gasteiger partial charge on any atom is 0.657 e. The van der Waals surface area contributed by atoms with Gasteiger partial charge in [-0.1, -0.05) is 67.4 Å². The Morgan fingerprint density at radius 2 is 1.43 bits per heavy atom. The van der Waals surface area contributed by atoms with Crippen molar-refractivity contribution in [1.29, 1.82) is 0 Å². The summed E-state index contributed by atoms with van der Waals surface area (Å²) in [4.78, 5) is 0. The molecule has 6 nitrogen and oxygen atoms in total. The van der Waals surface area contributed by atoms with Crippen LogP contribution in [0.4, 0.5) is 0 Å². The molecule has 4 rings (SSSR count). The predicted molar refractivity (Wildman–Crippen MR) is 158 cm³/mol. The van der Waals surface area contributed by atoms with Gasteiger partial charge in [-0.05, 0) is 87.7 Å². The number of fused-ring (bicyclic) bond motifs is 4. The lowest BCUT2D eigenvalue weighted by Gasteiger charge is -2.30. The molecule has 0 bridgehead atoms. The summed E-state index contributed by atoms with van der Waals surface area (Å²) in [6.45, 7) is 1.35. The van der Waals surface area contributed by atoms with E-state index < -0.39 is 18.1 Å². The highest BCUT2D eigenvalue weighted by Crippen LogP contribution is 2.30. The topological polar surface area (TPSA) is 89.0 Å². The lowest BCUT2D eigenvalue weighted by atomic mass is 9.98. The molecular weight excluding hydrogens is 513 g/mol. The van der Waals surface area contributed by atoms with Crippen LogP contribution in [0.1, 0.15) is 25.7 Å². The standard InChI is InChI=1S/C28H37N2O4Si3/c1-31-37(32-2,33-35-18-7-5-16-29)34-36(19-8-6-17-30)27-13-9-12-22-14-15-25-20-23-10-3-4-11-24(23)21-26(25)28(22)27/h3-4,9-15,20-21H,5-8,16-19,29-30H2,1-2H3. The van der Waals surface area contributed by atoms with E-state index in [4.69, 9.17) is 28.5 Å². The molecule has 0 saturated carbocycles. The van der Waals surface area contributed by atoms with E-state index in [1.165, 1.54) is 37.5 Å². The monoisotopic (exact) mass is 549 g/mol. The summed E-state index contributed by atoms with van der Waals surface area (Å²) in [7, 11) is -1.38. The molecule has 0 fully saturated rings. The highest BCUT2D eigenvalue weighted by atomic mass is 28.5. The van der Waals surface area contributed by atoms with Gasteiger partial charge in [-0.2, -0.15) is 0 Å². The molecule has 4 aromatic rings. The molecule has 0 amide bonds. The quantitative estimate of drug-likeness (QED) is 0.0973. The van der Waals surface area contributed by atoms with Crippen molar-refractivity contribution in [3.05, 3.63) is 66.7 Å². The summed E-state index contributed by atoms with van der Waals surface area (Å²) in [6, 6.07) is 25.9. The van der Waals surface area contributed by atoms with Crippen molar-refractivity contribution < 1.29 is 17.1 Å². The van der Waals surface area contributed by atoms with Gasteiger partial charge in [0, 0.05) is 14.2 Å². The van der Waals surface area contributed by atoms with E-state index in [0.717, 1.165) is 37.8 Å². The minimum atomic E-state index is -3.31. The lowest BCUT2D eigenvalue weighted by molar-refractivity contribution is 0.0842. The first-order chi connectivity index (χ1) is 18.1. The molecule has 195 valence electrons. The van der Waals surface area contributed by atoms with Crippen molar-refractivity contribution in [3.8, 4) is 0 Å². The molecule has 0 aliphatic carbocycles. The van der Waals surface area contributed by atoms with Crippen LogP contribution in [0, 0.1) is 0 Å². The van der Waals surface area contributed by atoms with Crippen molar-refractivity contribution >= 4 is 65.4 Å². The molecule has 4 aromatic carbocycles. The van der Waals surface area contributed by atoms with Gasteiger partial charge in [0.1, 0.15) is 0 Å². The van der Waals surface area contributed by atoms with E-state index in [-0.39, 0.29) is 9.76 Å². The largest absolute Gasteiger partial charge is 0.657 e. The minimum absolute atomic E-state index is 0.249. The fourth-order valence-electron chi connectivity index (χ4n) is 4.61. The van der Waals surface area contributed by atoms with Crippen LogP contribution in [-0.2, 0) is 17.1 Å². The van der Waals surface area contributed by atoms with E-state index in [9.17, 15) is 0 Å². The Labute approximate surface area is 225 Å². The fourth-order valence-corrected chi connectivity index (χ4v) is 11.9. The van der Waals surface area contributed by atoms with Gasteiger partial charge in [0.05, 0.1) is 0 Å². The van der Waals surface area contributed by atoms with Gasteiger partial charge in [0.15, 0.2) is 0 Å². The van der Waals surface area contributed by atoms with Crippen LogP contribution in [-0.4, -0.2) is 55.2 Å². The van der Waals surface area contributed by atoms with Crippen molar-refractivity contribution in [2.24, 2.45) is 11.5 Å². The summed E-state index contributed by atoms with van der Waals surface area (Å²) >= 11 is 0. The Kier molecular flexibility index (Phi) is 10.4. The van der Waals surface area contributed by atoms with Crippen LogP contribution < -0.4 is 16.7 Å². The van der Waals surface area contributed by atoms with Gasteiger partial charge in [-0.3, -0.25) is 0 Å². The second-order valence-corrected chi connectivity index (χ2v) is 15.2. The van der Waals surface area contributed by atoms with Gasteiger partial charge in [0.25, 0.3) is 0 Å². The average molecular weight is 550 g/mol. The number of rotatable bonds is 15. The van der Waals surface area contributed by atoms with Crippen LogP contribution in [0.2, 0.25) is 12.1 Å². The third-order valence-electron chi connectivity index (χ3n) is 6.56. The number of unbranched alkanes of at least 4 members (excludes halogenated alkanes) is 2. The van der Waals surface area contributed by atoms with Crippen LogP contribution in [0.5, 0.6) is 0 Å². The van der Waals surface area contributed by atoms with Crippen molar-refractivity contribution in [3.63, 3.8) is 0 Å². The third-order valence-corrected chi connectivity index (χ3v) is 13.5.